The zero-order valence-corrected chi connectivity index (χ0v) is 12.2. The molecule has 1 heterocycles. The van der Waals surface area contributed by atoms with Crippen molar-refractivity contribution >= 4 is 5.91 Å². The minimum absolute atomic E-state index is 0.0501. The van der Waals surface area contributed by atoms with Gasteiger partial charge in [-0.15, -0.1) is 0 Å². The fourth-order valence-corrected chi connectivity index (χ4v) is 2.41. The normalized spacial score (nSPS) is 23.6. The smallest absolute Gasteiger partial charge is 0.240 e. The maximum absolute atomic E-state index is 11.9. The number of rotatable bonds is 6. The fourth-order valence-electron chi connectivity index (χ4n) is 2.41. The molecule has 1 saturated heterocycles. The molecule has 5 nitrogen and oxygen atoms in total. The van der Waals surface area contributed by atoms with Gasteiger partial charge in [0.05, 0.1) is 18.2 Å². The first-order valence-corrected chi connectivity index (χ1v) is 7.43. The Labute approximate surface area is 115 Å². The molecule has 0 spiro atoms. The Bertz CT molecular complexity index is 308. The van der Waals surface area contributed by atoms with Crippen LogP contribution in [0.15, 0.2) is 0 Å². The molecule has 1 aliphatic carbocycles. The molecule has 3 N–H and O–H groups in total. The van der Waals surface area contributed by atoms with Crippen LogP contribution < -0.4 is 11.1 Å². The summed E-state index contributed by atoms with van der Waals surface area (Å²) in [5, 5.41) is 3.09. The maximum Gasteiger partial charge on any atom is 0.240 e. The van der Waals surface area contributed by atoms with Gasteiger partial charge in [0, 0.05) is 25.7 Å². The van der Waals surface area contributed by atoms with E-state index in [2.05, 4.69) is 24.1 Å². The van der Waals surface area contributed by atoms with Crippen molar-refractivity contribution in [3.63, 3.8) is 0 Å². The van der Waals surface area contributed by atoms with Gasteiger partial charge in [0.2, 0.25) is 5.91 Å². The van der Waals surface area contributed by atoms with Crippen LogP contribution >= 0.6 is 0 Å². The summed E-state index contributed by atoms with van der Waals surface area (Å²) in [5.41, 5.74) is 5.35. The van der Waals surface area contributed by atoms with E-state index < -0.39 is 5.54 Å². The Kier molecular flexibility index (Phi) is 4.81. The molecule has 5 heteroatoms. The quantitative estimate of drug-likeness (QED) is 0.736. The van der Waals surface area contributed by atoms with Crippen molar-refractivity contribution in [2.75, 3.05) is 26.2 Å². The number of likely N-dealkylation sites (tertiary alicyclic amines) is 1. The van der Waals surface area contributed by atoms with Gasteiger partial charge in [-0.1, -0.05) is 0 Å². The molecule has 0 aromatic rings. The summed E-state index contributed by atoms with van der Waals surface area (Å²) in [4.78, 5) is 14.3. The number of hydrogen-bond donors (Lipinski definition) is 2. The second-order valence-corrected chi connectivity index (χ2v) is 6.17. The summed E-state index contributed by atoms with van der Waals surface area (Å²) >= 11 is 0. The van der Waals surface area contributed by atoms with Gasteiger partial charge >= 0.3 is 0 Å². The third kappa shape index (κ3) is 4.44. The Morgan fingerprint density at radius 2 is 2.05 bits per heavy atom. The molecule has 0 unspecified atom stereocenters. The standard InChI is InChI=1S/C14H27N3O2/c1-11(2)19-10-9-17-7-3-12(4-8-17)16-13(18)14(15)5-6-14/h11-12H,3-10,15H2,1-2H3,(H,16,18). The number of nitrogens with zero attached hydrogens (tertiary/aromatic N) is 1. The van der Waals surface area contributed by atoms with Crippen LogP contribution in [0.2, 0.25) is 0 Å². The maximum atomic E-state index is 11.9. The molecule has 1 aliphatic heterocycles. The predicted octanol–water partition coefficient (Wildman–Crippen LogP) is 0.483. The first-order valence-electron chi connectivity index (χ1n) is 7.43. The lowest BCUT2D eigenvalue weighted by atomic mass is 10.0. The molecule has 0 aromatic heterocycles. The van der Waals surface area contributed by atoms with Crippen molar-refractivity contribution in [3.05, 3.63) is 0 Å². The van der Waals surface area contributed by atoms with E-state index >= 15 is 0 Å². The molecule has 2 fully saturated rings. The van der Waals surface area contributed by atoms with Gasteiger partial charge in [0.15, 0.2) is 0 Å². The lowest BCUT2D eigenvalue weighted by Gasteiger charge is -2.32. The van der Waals surface area contributed by atoms with Crippen LogP contribution in [-0.2, 0) is 9.53 Å². The zero-order valence-electron chi connectivity index (χ0n) is 12.2. The largest absolute Gasteiger partial charge is 0.377 e. The number of nitrogens with one attached hydrogen (secondary N) is 1. The molecule has 2 aliphatic rings. The lowest BCUT2D eigenvalue weighted by Crippen LogP contribution is -2.51. The summed E-state index contributed by atoms with van der Waals surface area (Å²) < 4.78 is 5.56. The lowest BCUT2D eigenvalue weighted by molar-refractivity contribution is -0.124. The predicted molar refractivity (Wildman–Crippen MR) is 74.8 cm³/mol. The third-order valence-electron chi connectivity index (χ3n) is 4.02. The highest BCUT2D eigenvalue weighted by Crippen LogP contribution is 2.32. The van der Waals surface area contributed by atoms with Crippen molar-refractivity contribution in [1.29, 1.82) is 0 Å². The summed E-state index contributed by atoms with van der Waals surface area (Å²) in [6.45, 7) is 7.96. The Balaban J connectivity index is 1.61. The van der Waals surface area contributed by atoms with Crippen molar-refractivity contribution in [1.82, 2.24) is 10.2 Å². The monoisotopic (exact) mass is 269 g/mol. The number of ether oxygens (including phenoxy) is 1. The van der Waals surface area contributed by atoms with Crippen molar-refractivity contribution in [3.8, 4) is 0 Å². The molecule has 1 saturated carbocycles. The van der Waals surface area contributed by atoms with E-state index in [1.54, 1.807) is 0 Å². The van der Waals surface area contributed by atoms with Gasteiger partial charge < -0.3 is 20.7 Å². The summed E-state index contributed by atoms with van der Waals surface area (Å²) in [7, 11) is 0. The third-order valence-corrected chi connectivity index (χ3v) is 4.02. The fraction of sp³-hybridized carbons (Fsp3) is 0.929. The Morgan fingerprint density at radius 3 is 2.58 bits per heavy atom. The van der Waals surface area contributed by atoms with E-state index in [4.69, 9.17) is 10.5 Å². The Morgan fingerprint density at radius 1 is 1.42 bits per heavy atom. The highest BCUT2D eigenvalue weighted by atomic mass is 16.5. The first kappa shape index (κ1) is 14.8. The van der Waals surface area contributed by atoms with Gasteiger partial charge in [-0.2, -0.15) is 0 Å². The van der Waals surface area contributed by atoms with Gasteiger partial charge in [0.25, 0.3) is 0 Å². The number of carbonyl (C=O) groups excluding carboxylic acids is 1. The average molecular weight is 269 g/mol. The van der Waals surface area contributed by atoms with Crippen LogP contribution in [0.3, 0.4) is 0 Å². The van der Waals surface area contributed by atoms with E-state index in [0.717, 1.165) is 51.9 Å². The van der Waals surface area contributed by atoms with Crippen LogP contribution in [0, 0.1) is 0 Å². The van der Waals surface area contributed by atoms with Crippen LogP contribution in [0.1, 0.15) is 39.5 Å². The van der Waals surface area contributed by atoms with E-state index in [0.29, 0.717) is 12.1 Å². The molecule has 1 amide bonds. The minimum Gasteiger partial charge on any atom is -0.377 e. The molecule has 0 radical (unpaired) electrons. The van der Waals surface area contributed by atoms with E-state index in [1.165, 1.54) is 0 Å². The molecule has 110 valence electrons. The molecular weight excluding hydrogens is 242 g/mol. The number of nitrogens with two attached hydrogens (primary N) is 1. The molecule has 19 heavy (non-hydrogen) atoms. The Hall–Kier alpha value is -0.650. The molecule has 0 atom stereocenters. The van der Waals surface area contributed by atoms with Gasteiger partial charge in [-0.3, -0.25) is 4.79 Å². The highest BCUT2D eigenvalue weighted by molar-refractivity contribution is 5.89. The summed E-state index contributed by atoms with van der Waals surface area (Å²) in [6, 6.07) is 0.302. The molecule has 0 aromatic carbocycles. The second kappa shape index (κ2) is 6.20. The second-order valence-electron chi connectivity index (χ2n) is 6.17. The van der Waals surface area contributed by atoms with Gasteiger partial charge in [0.1, 0.15) is 0 Å². The van der Waals surface area contributed by atoms with Gasteiger partial charge in [-0.05, 0) is 39.5 Å². The van der Waals surface area contributed by atoms with Crippen LogP contribution in [-0.4, -0.2) is 54.7 Å². The topological polar surface area (TPSA) is 67.6 Å². The average Bonchev–Trinajstić information content (AvgIpc) is 3.10. The summed E-state index contributed by atoms with van der Waals surface area (Å²) in [6.07, 6.45) is 4.01. The van der Waals surface area contributed by atoms with Crippen LogP contribution in [0.25, 0.3) is 0 Å². The zero-order chi connectivity index (χ0) is 13.9. The van der Waals surface area contributed by atoms with Crippen molar-refractivity contribution in [2.45, 2.75) is 57.2 Å². The molecular formula is C14H27N3O2. The van der Waals surface area contributed by atoms with E-state index in [1.807, 2.05) is 0 Å². The molecule has 2 rings (SSSR count). The van der Waals surface area contributed by atoms with Crippen molar-refractivity contribution < 1.29 is 9.53 Å². The minimum atomic E-state index is -0.539. The molecule has 0 bridgehead atoms. The first-order chi connectivity index (χ1) is 8.99. The van der Waals surface area contributed by atoms with Gasteiger partial charge in [-0.25, -0.2) is 0 Å². The van der Waals surface area contributed by atoms with E-state index in [-0.39, 0.29) is 5.91 Å². The number of hydrogen-bond acceptors (Lipinski definition) is 4. The van der Waals surface area contributed by atoms with Crippen LogP contribution in [0.4, 0.5) is 0 Å². The number of amides is 1. The number of carbonyl (C=O) groups is 1. The summed E-state index contributed by atoms with van der Waals surface area (Å²) in [5.74, 6) is 0.0501. The van der Waals surface area contributed by atoms with Crippen LogP contribution in [0.5, 0.6) is 0 Å². The highest BCUT2D eigenvalue weighted by Gasteiger charge is 2.46. The van der Waals surface area contributed by atoms with Crippen molar-refractivity contribution in [2.24, 2.45) is 5.73 Å². The number of piperidine rings is 1. The van der Waals surface area contributed by atoms with E-state index in [9.17, 15) is 4.79 Å². The SMILES string of the molecule is CC(C)OCCN1CCC(NC(=O)C2(N)CC2)CC1.